The predicted octanol–water partition coefficient (Wildman–Crippen LogP) is 1.81. The lowest BCUT2D eigenvalue weighted by molar-refractivity contribution is 0.0595. The SMILES string of the molecule is Cc1cc(N)cnc1NCC1CCCOC1. The molecule has 16 heavy (non-hydrogen) atoms. The number of hydrogen-bond acceptors (Lipinski definition) is 4. The Kier molecular flexibility index (Phi) is 3.62. The Morgan fingerprint density at radius 2 is 2.50 bits per heavy atom. The Morgan fingerprint density at radius 1 is 1.62 bits per heavy atom. The van der Waals surface area contributed by atoms with E-state index >= 15 is 0 Å². The maximum atomic E-state index is 5.66. The van der Waals surface area contributed by atoms with Crippen molar-refractivity contribution in [2.24, 2.45) is 5.92 Å². The van der Waals surface area contributed by atoms with E-state index < -0.39 is 0 Å². The van der Waals surface area contributed by atoms with Crippen molar-refractivity contribution >= 4 is 11.5 Å². The van der Waals surface area contributed by atoms with Crippen molar-refractivity contribution < 1.29 is 4.74 Å². The average molecular weight is 221 g/mol. The predicted molar refractivity (Wildman–Crippen MR) is 65.4 cm³/mol. The van der Waals surface area contributed by atoms with Gasteiger partial charge in [0.2, 0.25) is 0 Å². The number of hydrogen-bond donors (Lipinski definition) is 2. The molecule has 0 spiro atoms. The van der Waals surface area contributed by atoms with E-state index in [1.54, 1.807) is 6.20 Å². The molecule has 0 bridgehead atoms. The van der Waals surface area contributed by atoms with Crippen molar-refractivity contribution in [1.29, 1.82) is 0 Å². The summed E-state index contributed by atoms with van der Waals surface area (Å²) in [7, 11) is 0. The van der Waals surface area contributed by atoms with Crippen LogP contribution in [0.3, 0.4) is 0 Å². The van der Waals surface area contributed by atoms with Gasteiger partial charge >= 0.3 is 0 Å². The van der Waals surface area contributed by atoms with E-state index in [2.05, 4.69) is 10.3 Å². The molecule has 4 nitrogen and oxygen atoms in total. The third-order valence-electron chi connectivity index (χ3n) is 2.91. The number of rotatable bonds is 3. The minimum atomic E-state index is 0.604. The standard InChI is InChI=1S/C12H19N3O/c1-9-5-11(13)7-15-12(9)14-6-10-3-2-4-16-8-10/h5,7,10H,2-4,6,8,13H2,1H3,(H,14,15). The second-order valence-electron chi connectivity index (χ2n) is 4.40. The van der Waals surface area contributed by atoms with Gasteiger partial charge in [-0.15, -0.1) is 0 Å². The highest BCUT2D eigenvalue weighted by molar-refractivity contribution is 5.50. The highest BCUT2D eigenvalue weighted by Gasteiger charge is 2.13. The van der Waals surface area contributed by atoms with Gasteiger partial charge in [0, 0.05) is 13.2 Å². The third kappa shape index (κ3) is 2.85. The molecule has 1 aliphatic rings. The molecule has 0 aromatic carbocycles. The van der Waals surface area contributed by atoms with E-state index in [0.29, 0.717) is 11.6 Å². The summed E-state index contributed by atoms with van der Waals surface area (Å²) in [6, 6.07) is 1.94. The Balaban J connectivity index is 1.88. The fourth-order valence-electron chi connectivity index (χ4n) is 1.99. The van der Waals surface area contributed by atoms with Crippen LogP contribution in [0, 0.1) is 12.8 Å². The first-order valence-electron chi connectivity index (χ1n) is 5.79. The lowest BCUT2D eigenvalue weighted by atomic mass is 10.0. The monoisotopic (exact) mass is 221 g/mol. The summed E-state index contributed by atoms with van der Waals surface area (Å²) in [6.45, 7) is 4.72. The molecule has 0 aliphatic carbocycles. The molecule has 1 atom stereocenters. The van der Waals surface area contributed by atoms with Gasteiger partial charge in [-0.25, -0.2) is 4.98 Å². The van der Waals surface area contributed by atoms with Crippen LogP contribution in [0.2, 0.25) is 0 Å². The molecule has 2 rings (SSSR count). The number of nitrogens with zero attached hydrogens (tertiary/aromatic N) is 1. The summed E-state index contributed by atoms with van der Waals surface area (Å²) in [5.41, 5.74) is 7.46. The van der Waals surface area contributed by atoms with Crippen LogP contribution >= 0.6 is 0 Å². The Bertz CT molecular complexity index is 348. The van der Waals surface area contributed by atoms with Crippen LogP contribution in [0.5, 0.6) is 0 Å². The van der Waals surface area contributed by atoms with Gasteiger partial charge in [-0.1, -0.05) is 0 Å². The van der Waals surface area contributed by atoms with Crippen LogP contribution in [-0.2, 0) is 4.74 Å². The smallest absolute Gasteiger partial charge is 0.129 e. The van der Waals surface area contributed by atoms with Crippen molar-refractivity contribution in [3.8, 4) is 0 Å². The summed E-state index contributed by atoms with van der Waals surface area (Å²) in [5.74, 6) is 1.53. The molecule has 1 aromatic heterocycles. The molecule has 88 valence electrons. The Morgan fingerprint density at radius 3 is 3.19 bits per heavy atom. The van der Waals surface area contributed by atoms with Crippen molar-refractivity contribution in [3.05, 3.63) is 17.8 Å². The van der Waals surface area contributed by atoms with E-state index in [9.17, 15) is 0 Å². The van der Waals surface area contributed by atoms with E-state index in [-0.39, 0.29) is 0 Å². The van der Waals surface area contributed by atoms with Gasteiger partial charge in [-0.05, 0) is 37.3 Å². The first kappa shape index (κ1) is 11.2. The second-order valence-corrected chi connectivity index (χ2v) is 4.40. The zero-order valence-corrected chi connectivity index (χ0v) is 9.70. The molecule has 3 N–H and O–H groups in total. The number of nitrogens with one attached hydrogen (secondary N) is 1. The van der Waals surface area contributed by atoms with Crippen LogP contribution in [0.1, 0.15) is 18.4 Å². The molecule has 1 fully saturated rings. The van der Waals surface area contributed by atoms with Crippen LogP contribution in [0.4, 0.5) is 11.5 Å². The first-order chi connectivity index (χ1) is 7.75. The number of anilines is 2. The number of aryl methyl sites for hydroxylation is 1. The van der Waals surface area contributed by atoms with Gasteiger partial charge in [0.1, 0.15) is 5.82 Å². The fraction of sp³-hybridized carbons (Fsp3) is 0.583. The summed E-state index contributed by atoms with van der Waals surface area (Å²) < 4.78 is 5.44. The highest BCUT2D eigenvalue weighted by atomic mass is 16.5. The first-order valence-corrected chi connectivity index (χ1v) is 5.79. The van der Waals surface area contributed by atoms with Crippen LogP contribution in [0.25, 0.3) is 0 Å². The van der Waals surface area contributed by atoms with Crippen molar-refractivity contribution in [2.75, 3.05) is 30.8 Å². The minimum Gasteiger partial charge on any atom is -0.397 e. The topological polar surface area (TPSA) is 60.2 Å². The molecular formula is C12H19N3O. The molecule has 1 aromatic rings. The van der Waals surface area contributed by atoms with Gasteiger partial charge in [0.05, 0.1) is 18.5 Å². The number of nitrogens with two attached hydrogens (primary N) is 1. The van der Waals surface area contributed by atoms with Gasteiger partial charge in [0.25, 0.3) is 0 Å². The van der Waals surface area contributed by atoms with E-state index in [1.807, 2.05) is 13.0 Å². The average Bonchev–Trinajstić information content (AvgIpc) is 2.29. The molecule has 1 aliphatic heterocycles. The van der Waals surface area contributed by atoms with Gasteiger partial charge in [-0.3, -0.25) is 0 Å². The lowest BCUT2D eigenvalue weighted by Crippen LogP contribution is -2.24. The largest absolute Gasteiger partial charge is 0.397 e. The number of pyridine rings is 1. The number of nitrogen functional groups attached to an aromatic ring is 1. The third-order valence-corrected chi connectivity index (χ3v) is 2.91. The zero-order valence-electron chi connectivity index (χ0n) is 9.70. The quantitative estimate of drug-likeness (QED) is 0.817. The van der Waals surface area contributed by atoms with Gasteiger partial charge < -0.3 is 15.8 Å². The van der Waals surface area contributed by atoms with E-state index in [0.717, 1.165) is 31.1 Å². The molecule has 1 unspecified atom stereocenters. The van der Waals surface area contributed by atoms with Gasteiger partial charge in [0.15, 0.2) is 0 Å². The summed E-state index contributed by atoms with van der Waals surface area (Å²) in [5, 5.41) is 3.36. The summed E-state index contributed by atoms with van der Waals surface area (Å²) in [4.78, 5) is 4.29. The molecule has 0 amide bonds. The van der Waals surface area contributed by atoms with Crippen LogP contribution in [0.15, 0.2) is 12.3 Å². The summed E-state index contributed by atoms with van der Waals surface area (Å²) >= 11 is 0. The highest BCUT2D eigenvalue weighted by Crippen LogP contribution is 2.17. The maximum Gasteiger partial charge on any atom is 0.129 e. The Labute approximate surface area is 96.2 Å². The van der Waals surface area contributed by atoms with Crippen molar-refractivity contribution in [3.63, 3.8) is 0 Å². The number of aromatic nitrogens is 1. The maximum absolute atomic E-state index is 5.66. The number of ether oxygens (including phenoxy) is 1. The van der Waals surface area contributed by atoms with E-state index in [4.69, 9.17) is 10.5 Å². The molecule has 2 heterocycles. The minimum absolute atomic E-state index is 0.604. The molecule has 0 saturated carbocycles. The zero-order chi connectivity index (χ0) is 11.4. The summed E-state index contributed by atoms with van der Waals surface area (Å²) in [6.07, 6.45) is 4.09. The van der Waals surface area contributed by atoms with Gasteiger partial charge in [-0.2, -0.15) is 0 Å². The fourth-order valence-corrected chi connectivity index (χ4v) is 1.99. The van der Waals surface area contributed by atoms with Crippen LogP contribution in [-0.4, -0.2) is 24.7 Å². The second kappa shape index (κ2) is 5.16. The molecule has 0 radical (unpaired) electrons. The van der Waals surface area contributed by atoms with Crippen LogP contribution < -0.4 is 11.1 Å². The normalized spacial score (nSPS) is 20.7. The lowest BCUT2D eigenvalue weighted by Gasteiger charge is -2.22. The van der Waals surface area contributed by atoms with E-state index in [1.165, 1.54) is 12.8 Å². The molecular weight excluding hydrogens is 202 g/mol. The molecule has 1 saturated heterocycles. The Hall–Kier alpha value is -1.29. The van der Waals surface area contributed by atoms with Crippen molar-refractivity contribution in [1.82, 2.24) is 4.98 Å². The van der Waals surface area contributed by atoms with Crippen molar-refractivity contribution in [2.45, 2.75) is 19.8 Å². The molecule has 4 heteroatoms.